The predicted octanol–water partition coefficient (Wildman–Crippen LogP) is 2.70. The highest BCUT2D eigenvalue weighted by molar-refractivity contribution is 7.99. The van der Waals surface area contributed by atoms with Gasteiger partial charge in [-0.2, -0.15) is 0 Å². The topological polar surface area (TPSA) is 13.1 Å². The highest BCUT2D eigenvalue weighted by atomic mass is 32.2. The SMILES string of the molecule is CCSc1ccoc1C. The van der Waals surface area contributed by atoms with E-state index in [2.05, 4.69) is 6.92 Å². The molecule has 0 aliphatic rings. The van der Waals surface area contributed by atoms with Gasteiger partial charge < -0.3 is 4.42 Å². The Hall–Kier alpha value is -0.370. The molecule has 0 aromatic carbocycles. The highest BCUT2D eigenvalue weighted by Crippen LogP contribution is 2.21. The van der Waals surface area contributed by atoms with Crippen LogP contribution in [0.3, 0.4) is 0 Å². The fraction of sp³-hybridized carbons (Fsp3) is 0.429. The first-order valence-corrected chi connectivity index (χ1v) is 4.00. The highest BCUT2D eigenvalue weighted by Gasteiger charge is 1.97. The summed E-state index contributed by atoms with van der Waals surface area (Å²) in [5.41, 5.74) is 0. The molecule has 0 unspecified atom stereocenters. The Kier molecular flexibility index (Phi) is 2.22. The molecule has 0 fully saturated rings. The molecule has 1 rings (SSSR count). The summed E-state index contributed by atoms with van der Waals surface area (Å²) in [5.74, 6) is 2.14. The fourth-order valence-electron chi connectivity index (χ4n) is 0.679. The maximum atomic E-state index is 5.10. The Balaban J connectivity index is 2.69. The Labute approximate surface area is 59.4 Å². The van der Waals surface area contributed by atoms with E-state index in [1.54, 1.807) is 6.26 Å². The number of thioether (sulfide) groups is 1. The average Bonchev–Trinajstić information content (AvgIpc) is 2.18. The van der Waals surface area contributed by atoms with Crippen LogP contribution >= 0.6 is 11.8 Å². The van der Waals surface area contributed by atoms with Crippen molar-refractivity contribution in [3.8, 4) is 0 Å². The average molecular weight is 142 g/mol. The van der Waals surface area contributed by atoms with Crippen LogP contribution in [-0.2, 0) is 0 Å². The minimum atomic E-state index is 1.03. The first kappa shape index (κ1) is 6.75. The van der Waals surface area contributed by atoms with Gasteiger partial charge in [0.05, 0.1) is 6.26 Å². The van der Waals surface area contributed by atoms with Crippen LogP contribution in [0.1, 0.15) is 12.7 Å². The van der Waals surface area contributed by atoms with E-state index in [4.69, 9.17) is 4.42 Å². The van der Waals surface area contributed by atoms with Crippen molar-refractivity contribution in [2.75, 3.05) is 5.75 Å². The molecule has 0 saturated carbocycles. The van der Waals surface area contributed by atoms with Gasteiger partial charge in [-0.25, -0.2) is 0 Å². The predicted molar refractivity (Wildman–Crippen MR) is 39.8 cm³/mol. The lowest BCUT2D eigenvalue weighted by Crippen LogP contribution is -1.69. The molecule has 0 amide bonds. The van der Waals surface area contributed by atoms with Crippen molar-refractivity contribution in [1.82, 2.24) is 0 Å². The first-order valence-electron chi connectivity index (χ1n) is 3.01. The maximum Gasteiger partial charge on any atom is 0.114 e. The van der Waals surface area contributed by atoms with Crippen LogP contribution in [0.2, 0.25) is 0 Å². The standard InChI is InChI=1S/C7H10OS/c1-3-9-7-4-5-8-6(7)2/h4-5H,3H2,1-2H3. The van der Waals surface area contributed by atoms with Crippen molar-refractivity contribution < 1.29 is 4.42 Å². The second kappa shape index (κ2) is 2.97. The lowest BCUT2D eigenvalue weighted by molar-refractivity contribution is 0.527. The van der Waals surface area contributed by atoms with E-state index >= 15 is 0 Å². The lowest BCUT2D eigenvalue weighted by atomic mass is 10.5. The summed E-state index contributed by atoms with van der Waals surface area (Å²) >= 11 is 1.81. The summed E-state index contributed by atoms with van der Waals surface area (Å²) in [6.45, 7) is 4.12. The molecule has 2 heteroatoms. The molecule has 0 atom stereocenters. The van der Waals surface area contributed by atoms with Gasteiger partial charge in [0.1, 0.15) is 5.76 Å². The third kappa shape index (κ3) is 1.52. The third-order valence-corrected chi connectivity index (χ3v) is 2.13. The number of hydrogen-bond acceptors (Lipinski definition) is 2. The van der Waals surface area contributed by atoms with Gasteiger partial charge in [0.15, 0.2) is 0 Å². The molecule has 0 spiro atoms. The number of aryl methyl sites for hydroxylation is 1. The summed E-state index contributed by atoms with van der Waals surface area (Å²) in [7, 11) is 0. The number of rotatable bonds is 2. The Bertz CT molecular complexity index is 181. The van der Waals surface area contributed by atoms with Crippen LogP contribution in [-0.4, -0.2) is 5.75 Å². The van der Waals surface area contributed by atoms with Gasteiger partial charge in [0, 0.05) is 4.90 Å². The summed E-state index contributed by atoms with van der Waals surface area (Å²) in [6, 6.07) is 2.00. The largest absolute Gasteiger partial charge is 0.468 e. The van der Waals surface area contributed by atoms with Crippen LogP contribution in [0.4, 0.5) is 0 Å². The fourth-order valence-corrected chi connectivity index (χ4v) is 1.39. The zero-order chi connectivity index (χ0) is 6.69. The van der Waals surface area contributed by atoms with Crippen LogP contribution in [0, 0.1) is 6.92 Å². The summed E-state index contributed by atoms with van der Waals surface area (Å²) < 4.78 is 5.10. The monoisotopic (exact) mass is 142 g/mol. The quantitative estimate of drug-likeness (QED) is 0.589. The van der Waals surface area contributed by atoms with E-state index in [9.17, 15) is 0 Å². The molecule has 1 nitrogen and oxygen atoms in total. The normalized spacial score (nSPS) is 10.0. The Morgan fingerprint density at radius 2 is 2.44 bits per heavy atom. The van der Waals surface area contributed by atoms with Crippen molar-refractivity contribution in [1.29, 1.82) is 0 Å². The molecule has 0 N–H and O–H groups in total. The summed E-state index contributed by atoms with van der Waals surface area (Å²) in [4.78, 5) is 1.26. The van der Waals surface area contributed by atoms with Crippen LogP contribution in [0.25, 0.3) is 0 Å². The van der Waals surface area contributed by atoms with Gasteiger partial charge >= 0.3 is 0 Å². The molecule has 0 aliphatic carbocycles. The van der Waals surface area contributed by atoms with Gasteiger partial charge in [-0.05, 0) is 18.7 Å². The van der Waals surface area contributed by atoms with E-state index in [0.717, 1.165) is 11.5 Å². The van der Waals surface area contributed by atoms with E-state index < -0.39 is 0 Å². The van der Waals surface area contributed by atoms with E-state index in [0.29, 0.717) is 0 Å². The van der Waals surface area contributed by atoms with Crippen molar-refractivity contribution in [2.45, 2.75) is 18.7 Å². The van der Waals surface area contributed by atoms with Gasteiger partial charge in [-0.3, -0.25) is 0 Å². The first-order chi connectivity index (χ1) is 4.34. The molecule has 1 heterocycles. The Morgan fingerprint density at radius 1 is 1.67 bits per heavy atom. The molecule has 50 valence electrons. The van der Waals surface area contributed by atoms with Gasteiger partial charge in [-0.1, -0.05) is 6.92 Å². The van der Waals surface area contributed by atoms with Crippen molar-refractivity contribution in [3.05, 3.63) is 18.1 Å². The van der Waals surface area contributed by atoms with Gasteiger partial charge in [0.2, 0.25) is 0 Å². The molecular weight excluding hydrogens is 132 g/mol. The molecular formula is C7H10OS. The van der Waals surface area contributed by atoms with Gasteiger partial charge in [-0.15, -0.1) is 11.8 Å². The van der Waals surface area contributed by atoms with Crippen molar-refractivity contribution in [2.24, 2.45) is 0 Å². The third-order valence-electron chi connectivity index (χ3n) is 1.11. The number of furan rings is 1. The second-order valence-corrected chi connectivity index (χ2v) is 3.08. The maximum absolute atomic E-state index is 5.10. The number of hydrogen-bond donors (Lipinski definition) is 0. The molecule has 1 aromatic heterocycles. The van der Waals surface area contributed by atoms with Crippen molar-refractivity contribution in [3.63, 3.8) is 0 Å². The van der Waals surface area contributed by atoms with E-state index in [1.807, 2.05) is 24.8 Å². The molecule has 0 saturated heterocycles. The molecule has 0 bridgehead atoms. The minimum absolute atomic E-state index is 1.03. The Morgan fingerprint density at radius 3 is 2.89 bits per heavy atom. The lowest BCUT2D eigenvalue weighted by Gasteiger charge is -1.90. The van der Waals surface area contributed by atoms with Crippen LogP contribution in [0.5, 0.6) is 0 Å². The van der Waals surface area contributed by atoms with Crippen molar-refractivity contribution >= 4 is 11.8 Å². The molecule has 0 radical (unpaired) electrons. The smallest absolute Gasteiger partial charge is 0.114 e. The summed E-state index contributed by atoms with van der Waals surface area (Å²) in [5, 5.41) is 0. The molecule has 0 aliphatic heterocycles. The molecule has 9 heavy (non-hydrogen) atoms. The van der Waals surface area contributed by atoms with E-state index in [1.165, 1.54) is 4.90 Å². The van der Waals surface area contributed by atoms with E-state index in [-0.39, 0.29) is 0 Å². The van der Waals surface area contributed by atoms with Crippen LogP contribution < -0.4 is 0 Å². The minimum Gasteiger partial charge on any atom is -0.468 e. The van der Waals surface area contributed by atoms with Gasteiger partial charge in [0.25, 0.3) is 0 Å². The molecule has 1 aromatic rings. The van der Waals surface area contributed by atoms with Crippen LogP contribution in [0.15, 0.2) is 21.6 Å². The zero-order valence-corrected chi connectivity index (χ0v) is 6.49. The zero-order valence-electron chi connectivity index (χ0n) is 5.68. The second-order valence-electron chi connectivity index (χ2n) is 1.77. The summed E-state index contributed by atoms with van der Waals surface area (Å²) in [6.07, 6.45) is 1.73.